The van der Waals surface area contributed by atoms with E-state index in [4.69, 9.17) is 16.3 Å². The number of carbonyl (C=O) groups excluding carboxylic acids is 1. The lowest BCUT2D eigenvalue weighted by Crippen LogP contribution is -2.20. The third-order valence-corrected chi connectivity index (χ3v) is 5.75. The van der Waals surface area contributed by atoms with Gasteiger partial charge in [0.25, 0.3) is 15.9 Å². The fraction of sp³-hybridized carbons (Fsp3) is 0.0952. The zero-order chi connectivity index (χ0) is 20.9. The third kappa shape index (κ3) is 5.49. The van der Waals surface area contributed by atoms with E-state index >= 15 is 0 Å². The second-order valence-electron chi connectivity index (χ2n) is 6.21. The molecule has 0 atom stereocenters. The molecule has 0 aliphatic heterocycles. The lowest BCUT2D eigenvalue weighted by atomic mass is 10.2. The SMILES string of the molecule is Cc1ccccc1NS(=O)(=O)c1ccc(OCC(=O)Nc2ccccc2Cl)cc1. The molecule has 3 aromatic carbocycles. The largest absolute Gasteiger partial charge is 0.484 e. The molecule has 0 saturated carbocycles. The predicted molar refractivity (Wildman–Crippen MR) is 114 cm³/mol. The molecule has 8 heteroatoms. The van der Waals surface area contributed by atoms with Gasteiger partial charge >= 0.3 is 0 Å². The van der Waals surface area contributed by atoms with Crippen molar-refractivity contribution in [2.75, 3.05) is 16.6 Å². The van der Waals surface area contributed by atoms with Gasteiger partial charge in [0.15, 0.2) is 6.61 Å². The van der Waals surface area contributed by atoms with E-state index in [1.807, 2.05) is 19.1 Å². The van der Waals surface area contributed by atoms with Gasteiger partial charge < -0.3 is 10.1 Å². The fourth-order valence-corrected chi connectivity index (χ4v) is 3.82. The second-order valence-corrected chi connectivity index (χ2v) is 8.30. The molecule has 0 aliphatic rings. The Labute approximate surface area is 174 Å². The average molecular weight is 431 g/mol. The molecule has 0 saturated heterocycles. The molecular weight excluding hydrogens is 412 g/mol. The summed E-state index contributed by atoms with van der Waals surface area (Å²) in [5.74, 6) is -0.00910. The molecule has 0 radical (unpaired) electrons. The minimum atomic E-state index is -3.73. The number of ether oxygens (including phenoxy) is 1. The van der Waals surface area contributed by atoms with Crippen molar-refractivity contribution in [1.29, 1.82) is 0 Å². The Morgan fingerprint density at radius 1 is 0.931 bits per heavy atom. The summed E-state index contributed by atoms with van der Waals surface area (Å²) >= 11 is 5.99. The molecule has 3 aromatic rings. The molecule has 0 unspecified atom stereocenters. The monoisotopic (exact) mass is 430 g/mol. The second kappa shape index (κ2) is 8.98. The van der Waals surface area contributed by atoms with Crippen LogP contribution < -0.4 is 14.8 Å². The predicted octanol–water partition coefficient (Wildman–Crippen LogP) is 4.47. The van der Waals surface area contributed by atoms with Crippen molar-refractivity contribution < 1.29 is 17.9 Å². The molecule has 0 aliphatic carbocycles. The minimum absolute atomic E-state index is 0.0913. The molecule has 0 bridgehead atoms. The highest BCUT2D eigenvalue weighted by Gasteiger charge is 2.15. The summed E-state index contributed by atoms with van der Waals surface area (Å²) in [7, 11) is -3.73. The fourth-order valence-electron chi connectivity index (χ4n) is 2.50. The summed E-state index contributed by atoms with van der Waals surface area (Å²) in [6.45, 7) is 1.58. The number of nitrogens with one attached hydrogen (secondary N) is 2. The molecule has 29 heavy (non-hydrogen) atoms. The summed E-state index contributed by atoms with van der Waals surface area (Å²) in [6.07, 6.45) is 0. The number of benzene rings is 3. The van der Waals surface area contributed by atoms with Crippen molar-refractivity contribution in [2.24, 2.45) is 0 Å². The smallest absolute Gasteiger partial charge is 0.262 e. The molecule has 0 fully saturated rings. The quantitative estimate of drug-likeness (QED) is 0.579. The maximum atomic E-state index is 12.5. The van der Waals surface area contributed by atoms with Crippen LogP contribution in [0.1, 0.15) is 5.56 Å². The molecule has 6 nitrogen and oxygen atoms in total. The Morgan fingerprint density at radius 2 is 1.55 bits per heavy atom. The van der Waals surface area contributed by atoms with E-state index in [-0.39, 0.29) is 17.4 Å². The van der Waals surface area contributed by atoms with Crippen molar-refractivity contribution in [3.63, 3.8) is 0 Å². The summed E-state index contributed by atoms with van der Waals surface area (Å²) in [6, 6.07) is 19.8. The molecule has 150 valence electrons. The molecule has 0 heterocycles. The van der Waals surface area contributed by atoms with Crippen LogP contribution in [0, 0.1) is 6.92 Å². The van der Waals surface area contributed by atoms with Gasteiger partial charge in [-0.1, -0.05) is 41.9 Å². The van der Waals surface area contributed by atoms with E-state index in [2.05, 4.69) is 10.0 Å². The standard InChI is InChI=1S/C21H19ClN2O4S/c1-15-6-2-4-8-19(15)24-29(26,27)17-12-10-16(11-13-17)28-14-21(25)23-20-9-5-3-7-18(20)22/h2-13,24H,14H2,1H3,(H,23,25). The summed E-state index contributed by atoms with van der Waals surface area (Å²) in [5, 5.41) is 3.07. The van der Waals surface area contributed by atoms with Crippen molar-refractivity contribution in [2.45, 2.75) is 11.8 Å². The van der Waals surface area contributed by atoms with E-state index in [1.54, 1.807) is 36.4 Å². The number of aryl methyl sites for hydroxylation is 1. The Kier molecular flexibility index (Phi) is 6.41. The number of anilines is 2. The van der Waals surface area contributed by atoms with Gasteiger partial charge in [0.1, 0.15) is 5.75 Å². The van der Waals surface area contributed by atoms with Crippen LogP contribution in [0.15, 0.2) is 77.7 Å². The topological polar surface area (TPSA) is 84.5 Å². The highest BCUT2D eigenvalue weighted by molar-refractivity contribution is 7.92. The van der Waals surface area contributed by atoms with Gasteiger partial charge in [-0.25, -0.2) is 8.42 Å². The van der Waals surface area contributed by atoms with Gasteiger partial charge in [-0.05, 0) is 55.0 Å². The Balaban J connectivity index is 1.60. The van der Waals surface area contributed by atoms with Crippen LogP contribution in [0.2, 0.25) is 5.02 Å². The maximum Gasteiger partial charge on any atom is 0.262 e. The molecule has 1 amide bonds. The minimum Gasteiger partial charge on any atom is -0.484 e. The highest BCUT2D eigenvalue weighted by atomic mass is 35.5. The van der Waals surface area contributed by atoms with Gasteiger partial charge in [-0.15, -0.1) is 0 Å². The summed E-state index contributed by atoms with van der Waals surface area (Å²) < 4.78 is 33.1. The number of rotatable bonds is 7. The first kappa shape index (κ1) is 20.7. The van der Waals surface area contributed by atoms with E-state index in [9.17, 15) is 13.2 Å². The van der Waals surface area contributed by atoms with Gasteiger partial charge in [0.2, 0.25) is 0 Å². The number of carbonyl (C=O) groups is 1. The number of hydrogen-bond acceptors (Lipinski definition) is 4. The number of hydrogen-bond donors (Lipinski definition) is 2. The number of sulfonamides is 1. The van der Waals surface area contributed by atoms with Crippen molar-refractivity contribution in [3.8, 4) is 5.75 Å². The zero-order valence-electron chi connectivity index (χ0n) is 15.6. The number of amides is 1. The van der Waals surface area contributed by atoms with Crippen molar-refractivity contribution in [3.05, 3.63) is 83.4 Å². The van der Waals surface area contributed by atoms with Crippen molar-refractivity contribution >= 4 is 38.9 Å². The molecule has 2 N–H and O–H groups in total. The molecular formula is C21H19ClN2O4S. The van der Waals surface area contributed by atoms with Gasteiger partial charge in [-0.2, -0.15) is 0 Å². The third-order valence-electron chi connectivity index (χ3n) is 4.04. The maximum absolute atomic E-state index is 12.5. The zero-order valence-corrected chi connectivity index (χ0v) is 17.1. The lowest BCUT2D eigenvalue weighted by molar-refractivity contribution is -0.118. The van der Waals surface area contributed by atoms with Gasteiger partial charge in [0, 0.05) is 0 Å². The van der Waals surface area contributed by atoms with Crippen LogP contribution in [0.5, 0.6) is 5.75 Å². The van der Waals surface area contributed by atoms with E-state index in [1.165, 1.54) is 24.3 Å². The van der Waals surface area contributed by atoms with Crippen LogP contribution in [0.3, 0.4) is 0 Å². The number of halogens is 1. The summed E-state index contributed by atoms with van der Waals surface area (Å²) in [5.41, 5.74) is 1.83. The molecule has 0 aromatic heterocycles. The van der Waals surface area contributed by atoms with E-state index in [0.717, 1.165) is 5.56 Å². The normalized spacial score (nSPS) is 11.0. The van der Waals surface area contributed by atoms with Crippen LogP contribution >= 0.6 is 11.6 Å². The van der Waals surface area contributed by atoms with Crippen LogP contribution in [-0.4, -0.2) is 20.9 Å². The Morgan fingerprint density at radius 3 is 2.21 bits per heavy atom. The first-order chi connectivity index (χ1) is 13.8. The van der Waals surface area contributed by atoms with Crippen LogP contribution in [-0.2, 0) is 14.8 Å². The Hall–Kier alpha value is -3.03. The first-order valence-electron chi connectivity index (χ1n) is 8.71. The average Bonchev–Trinajstić information content (AvgIpc) is 2.70. The van der Waals surface area contributed by atoms with Crippen molar-refractivity contribution in [1.82, 2.24) is 0 Å². The van der Waals surface area contributed by atoms with E-state index < -0.39 is 10.0 Å². The van der Waals surface area contributed by atoms with E-state index in [0.29, 0.717) is 22.1 Å². The van der Waals surface area contributed by atoms with Gasteiger partial charge in [0.05, 0.1) is 21.3 Å². The van der Waals surface area contributed by atoms with Gasteiger partial charge in [-0.3, -0.25) is 9.52 Å². The molecule has 0 spiro atoms. The lowest BCUT2D eigenvalue weighted by Gasteiger charge is -2.11. The highest BCUT2D eigenvalue weighted by Crippen LogP contribution is 2.22. The molecule has 3 rings (SSSR count). The summed E-state index contributed by atoms with van der Waals surface area (Å²) in [4.78, 5) is 12.1. The van der Waals surface area contributed by atoms with Crippen LogP contribution in [0.4, 0.5) is 11.4 Å². The van der Waals surface area contributed by atoms with Crippen LogP contribution in [0.25, 0.3) is 0 Å². The first-order valence-corrected chi connectivity index (χ1v) is 10.6. The Bertz CT molecular complexity index is 1120. The number of para-hydroxylation sites is 2.